The first-order chi connectivity index (χ1) is 7.72. The van der Waals surface area contributed by atoms with E-state index in [1.54, 1.807) is 7.05 Å². The predicted molar refractivity (Wildman–Crippen MR) is 64.1 cm³/mol. The van der Waals surface area contributed by atoms with Crippen molar-refractivity contribution in [2.24, 2.45) is 0 Å². The Hall–Kier alpha value is -2.21. The lowest BCUT2D eigenvalue weighted by Crippen LogP contribution is -2.27. The van der Waals surface area contributed by atoms with Crippen molar-refractivity contribution in [3.8, 4) is 12.3 Å². The largest absolute Gasteiger partial charge is 0.351 e. The molecule has 0 radical (unpaired) electrons. The van der Waals surface area contributed by atoms with Gasteiger partial charge in [0.15, 0.2) is 0 Å². The highest BCUT2D eigenvalue weighted by Gasteiger charge is 2.12. The van der Waals surface area contributed by atoms with E-state index in [0.29, 0.717) is 12.2 Å². The van der Waals surface area contributed by atoms with Gasteiger partial charge >= 0.3 is 0 Å². The Bertz CT molecular complexity index is 530. The molecule has 0 aliphatic rings. The van der Waals surface area contributed by atoms with Crippen LogP contribution in [0.4, 0.5) is 0 Å². The minimum Gasteiger partial charge on any atom is -0.351 e. The van der Waals surface area contributed by atoms with Gasteiger partial charge in [0.2, 0.25) is 0 Å². The molecule has 2 rings (SSSR count). The molecule has 0 unspecified atom stereocenters. The fraction of sp³-hybridized carbons (Fsp3) is 0.154. The lowest BCUT2D eigenvalue weighted by atomic mass is 10.2. The van der Waals surface area contributed by atoms with Crippen LogP contribution in [0.5, 0.6) is 0 Å². The SMILES string of the molecule is C#CCN(C)C(=O)c1cc2ccccc2[nH]1. The van der Waals surface area contributed by atoms with E-state index < -0.39 is 0 Å². The molecule has 3 heteroatoms. The maximum atomic E-state index is 11.9. The van der Waals surface area contributed by atoms with Crippen LogP contribution in [0.2, 0.25) is 0 Å². The average molecular weight is 212 g/mol. The molecule has 1 aromatic carbocycles. The van der Waals surface area contributed by atoms with Crippen LogP contribution in [0.1, 0.15) is 10.5 Å². The number of aromatic amines is 1. The molecular weight excluding hydrogens is 200 g/mol. The summed E-state index contributed by atoms with van der Waals surface area (Å²) in [6, 6.07) is 9.61. The zero-order chi connectivity index (χ0) is 11.5. The van der Waals surface area contributed by atoms with Gasteiger partial charge in [-0.2, -0.15) is 0 Å². The molecule has 0 fully saturated rings. The number of H-pyrrole nitrogens is 1. The quantitative estimate of drug-likeness (QED) is 0.758. The number of hydrogen-bond donors (Lipinski definition) is 1. The molecule has 1 aromatic heterocycles. The van der Waals surface area contributed by atoms with E-state index in [4.69, 9.17) is 6.42 Å². The molecule has 16 heavy (non-hydrogen) atoms. The van der Waals surface area contributed by atoms with Gasteiger partial charge in [-0.3, -0.25) is 4.79 Å². The van der Waals surface area contributed by atoms with Crippen molar-refractivity contribution in [2.45, 2.75) is 0 Å². The van der Waals surface area contributed by atoms with Crippen molar-refractivity contribution in [1.29, 1.82) is 0 Å². The predicted octanol–water partition coefficient (Wildman–Crippen LogP) is 1.87. The monoisotopic (exact) mass is 212 g/mol. The van der Waals surface area contributed by atoms with Crippen LogP contribution >= 0.6 is 0 Å². The highest BCUT2D eigenvalue weighted by Crippen LogP contribution is 2.15. The van der Waals surface area contributed by atoms with Crippen molar-refractivity contribution < 1.29 is 4.79 Å². The molecule has 0 spiro atoms. The summed E-state index contributed by atoms with van der Waals surface area (Å²) in [5.74, 6) is 2.35. The van der Waals surface area contributed by atoms with Crippen LogP contribution in [0.3, 0.4) is 0 Å². The number of amides is 1. The van der Waals surface area contributed by atoms with Gasteiger partial charge in [-0.1, -0.05) is 24.1 Å². The van der Waals surface area contributed by atoms with E-state index in [2.05, 4.69) is 10.9 Å². The van der Waals surface area contributed by atoms with Crippen LogP contribution in [0.15, 0.2) is 30.3 Å². The first-order valence-electron chi connectivity index (χ1n) is 4.99. The Kier molecular flexibility index (Phi) is 2.65. The molecule has 0 aliphatic carbocycles. The van der Waals surface area contributed by atoms with Crippen molar-refractivity contribution in [3.63, 3.8) is 0 Å². The summed E-state index contributed by atoms with van der Waals surface area (Å²) in [6.45, 7) is 0.314. The fourth-order valence-corrected chi connectivity index (χ4v) is 1.60. The summed E-state index contributed by atoms with van der Waals surface area (Å²) >= 11 is 0. The van der Waals surface area contributed by atoms with Gasteiger partial charge in [-0.15, -0.1) is 6.42 Å². The normalized spacial score (nSPS) is 10.0. The minimum absolute atomic E-state index is 0.0887. The third-order valence-electron chi connectivity index (χ3n) is 2.44. The Morgan fingerprint density at radius 1 is 1.50 bits per heavy atom. The summed E-state index contributed by atoms with van der Waals surface area (Å²) in [5.41, 5.74) is 1.53. The van der Waals surface area contributed by atoms with Gasteiger partial charge in [0.05, 0.1) is 6.54 Å². The smallest absolute Gasteiger partial charge is 0.270 e. The van der Waals surface area contributed by atoms with Crippen LogP contribution in [0.25, 0.3) is 10.9 Å². The van der Waals surface area contributed by atoms with Crippen LogP contribution in [-0.4, -0.2) is 29.4 Å². The van der Waals surface area contributed by atoms with E-state index >= 15 is 0 Å². The number of aromatic nitrogens is 1. The molecule has 2 aromatic rings. The molecule has 80 valence electrons. The fourth-order valence-electron chi connectivity index (χ4n) is 1.60. The number of hydrogen-bond acceptors (Lipinski definition) is 1. The maximum Gasteiger partial charge on any atom is 0.270 e. The number of rotatable bonds is 2. The number of para-hydroxylation sites is 1. The highest BCUT2D eigenvalue weighted by atomic mass is 16.2. The molecule has 3 nitrogen and oxygen atoms in total. The van der Waals surface area contributed by atoms with Gasteiger partial charge in [0.1, 0.15) is 5.69 Å². The Morgan fingerprint density at radius 2 is 2.25 bits per heavy atom. The van der Waals surface area contributed by atoms with E-state index in [9.17, 15) is 4.79 Å². The summed E-state index contributed by atoms with van der Waals surface area (Å²) in [7, 11) is 1.69. The second-order valence-corrected chi connectivity index (χ2v) is 3.64. The van der Waals surface area contributed by atoms with Gasteiger partial charge in [-0.25, -0.2) is 0 Å². The number of carbonyl (C=O) groups is 1. The Morgan fingerprint density at radius 3 is 2.94 bits per heavy atom. The standard InChI is InChI=1S/C13H12N2O/c1-3-8-15(2)13(16)12-9-10-6-4-5-7-11(10)14-12/h1,4-7,9,14H,8H2,2H3. The number of benzene rings is 1. The molecule has 0 bridgehead atoms. The molecule has 1 N–H and O–H groups in total. The van der Waals surface area contributed by atoms with Crippen LogP contribution in [0, 0.1) is 12.3 Å². The molecule has 0 saturated heterocycles. The van der Waals surface area contributed by atoms with Gasteiger partial charge in [0, 0.05) is 18.0 Å². The van der Waals surface area contributed by atoms with E-state index in [1.165, 1.54) is 4.90 Å². The summed E-state index contributed by atoms with van der Waals surface area (Å²) in [4.78, 5) is 16.5. The lowest BCUT2D eigenvalue weighted by Gasteiger charge is -2.11. The number of fused-ring (bicyclic) bond motifs is 1. The zero-order valence-corrected chi connectivity index (χ0v) is 9.03. The lowest BCUT2D eigenvalue weighted by molar-refractivity contribution is 0.0808. The molecule has 0 aliphatic heterocycles. The summed E-state index contributed by atoms with van der Waals surface area (Å²) < 4.78 is 0. The first-order valence-corrected chi connectivity index (χ1v) is 4.99. The van der Waals surface area contributed by atoms with Crippen molar-refractivity contribution in [2.75, 3.05) is 13.6 Å². The molecule has 0 saturated carbocycles. The summed E-state index contributed by atoms with van der Waals surface area (Å²) in [6.07, 6.45) is 5.17. The van der Waals surface area contributed by atoms with E-state index in [-0.39, 0.29) is 5.91 Å². The number of terminal acetylenes is 1. The van der Waals surface area contributed by atoms with E-state index in [0.717, 1.165) is 10.9 Å². The first kappa shape index (κ1) is 10.3. The van der Waals surface area contributed by atoms with Crippen molar-refractivity contribution in [1.82, 2.24) is 9.88 Å². The number of carbonyl (C=O) groups excluding carboxylic acids is 1. The Balaban J connectivity index is 2.34. The molecule has 1 heterocycles. The topological polar surface area (TPSA) is 36.1 Å². The molecule has 1 amide bonds. The van der Waals surface area contributed by atoms with Gasteiger partial charge in [0.25, 0.3) is 5.91 Å². The summed E-state index contributed by atoms with van der Waals surface area (Å²) in [5, 5.41) is 1.03. The Labute approximate surface area is 94.1 Å². The second-order valence-electron chi connectivity index (χ2n) is 3.64. The van der Waals surface area contributed by atoms with Crippen molar-refractivity contribution in [3.05, 3.63) is 36.0 Å². The molecule has 0 atom stereocenters. The third-order valence-corrected chi connectivity index (χ3v) is 2.44. The van der Waals surface area contributed by atoms with Crippen LogP contribution < -0.4 is 0 Å². The number of nitrogens with zero attached hydrogens (tertiary/aromatic N) is 1. The van der Waals surface area contributed by atoms with Gasteiger partial charge in [-0.05, 0) is 12.1 Å². The third kappa shape index (κ3) is 1.78. The zero-order valence-electron chi connectivity index (χ0n) is 9.03. The molecular formula is C13H12N2O. The van der Waals surface area contributed by atoms with Crippen molar-refractivity contribution >= 4 is 16.8 Å². The van der Waals surface area contributed by atoms with E-state index in [1.807, 2.05) is 30.3 Å². The van der Waals surface area contributed by atoms with Gasteiger partial charge < -0.3 is 9.88 Å². The maximum absolute atomic E-state index is 11.9. The minimum atomic E-state index is -0.0887. The highest BCUT2D eigenvalue weighted by molar-refractivity contribution is 5.97. The van der Waals surface area contributed by atoms with Crippen LogP contribution in [-0.2, 0) is 0 Å². The second kappa shape index (κ2) is 4.11. The number of nitrogens with one attached hydrogen (secondary N) is 1. The average Bonchev–Trinajstić information content (AvgIpc) is 2.71.